The highest BCUT2D eigenvalue weighted by molar-refractivity contribution is 5.95. The molecule has 3 heterocycles. The van der Waals surface area contributed by atoms with Crippen LogP contribution in [0, 0.1) is 11.8 Å². The number of carbonyl (C=O) groups is 2. The molecular formula is C23H34O7. The summed E-state index contributed by atoms with van der Waals surface area (Å²) in [6.07, 6.45) is 5.05. The van der Waals surface area contributed by atoms with Gasteiger partial charge >= 0.3 is 11.9 Å². The van der Waals surface area contributed by atoms with Crippen LogP contribution < -0.4 is 0 Å². The average Bonchev–Trinajstić information content (AvgIpc) is 3.16. The molecule has 7 nitrogen and oxygen atoms in total. The number of aliphatic hydroxyl groups is 2. The number of ether oxygens (including phenoxy) is 3. The summed E-state index contributed by atoms with van der Waals surface area (Å²) >= 11 is 0. The Kier molecular flexibility index (Phi) is 6.75. The molecule has 0 aromatic heterocycles. The number of fused-ring (bicyclic) bond motifs is 3. The van der Waals surface area contributed by atoms with E-state index in [1.165, 1.54) is 0 Å². The summed E-state index contributed by atoms with van der Waals surface area (Å²) in [6, 6.07) is 0. The monoisotopic (exact) mass is 422 g/mol. The Morgan fingerprint density at radius 1 is 1.30 bits per heavy atom. The Labute approximate surface area is 178 Å². The molecule has 4 atom stereocenters. The smallest absolute Gasteiger partial charge is 0.343 e. The van der Waals surface area contributed by atoms with Gasteiger partial charge in [0.15, 0.2) is 5.79 Å². The number of rotatable bonds is 7. The fraction of sp³-hybridized carbons (Fsp3) is 0.739. The summed E-state index contributed by atoms with van der Waals surface area (Å²) in [7, 11) is 0. The first-order chi connectivity index (χ1) is 14.1. The molecule has 0 aromatic carbocycles. The van der Waals surface area contributed by atoms with E-state index in [0.29, 0.717) is 18.4 Å². The van der Waals surface area contributed by atoms with E-state index < -0.39 is 23.5 Å². The van der Waals surface area contributed by atoms with Crippen LogP contribution >= 0.6 is 0 Å². The number of esters is 2. The normalized spacial score (nSPS) is 35.3. The average molecular weight is 423 g/mol. The third-order valence-corrected chi connectivity index (χ3v) is 6.51. The maximum atomic E-state index is 12.6. The van der Waals surface area contributed by atoms with Gasteiger partial charge in [-0.1, -0.05) is 33.6 Å². The molecule has 3 aliphatic heterocycles. The number of carbonyl (C=O) groups excluding carboxylic acids is 2. The van der Waals surface area contributed by atoms with Crippen LogP contribution in [-0.2, 0) is 23.8 Å². The first-order valence-corrected chi connectivity index (χ1v) is 11.1. The molecule has 3 aliphatic rings. The molecular weight excluding hydrogens is 388 g/mol. The van der Waals surface area contributed by atoms with E-state index in [1.807, 2.05) is 27.7 Å². The third kappa shape index (κ3) is 4.48. The number of aliphatic hydroxyl groups excluding tert-OH is 1. The van der Waals surface area contributed by atoms with E-state index in [4.69, 9.17) is 14.2 Å². The minimum absolute atomic E-state index is 0.161. The highest BCUT2D eigenvalue weighted by atomic mass is 16.6. The van der Waals surface area contributed by atoms with Crippen molar-refractivity contribution >= 4 is 11.9 Å². The van der Waals surface area contributed by atoms with Gasteiger partial charge in [-0.15, -0.1) is 0 Å². The lowest BCUT2D eigenvalue weighted by atomic mass is 9.86. The molecule has 0 unspecified atom stereocenters. The zero-order valence-electron chi connectivity index (χ0n) is 18.4. The molecule has 2 N–H and O–H groups in total. The van der Waals surface area contributed by atoms with Crippen LogP contribution in [0.5, 0.6) is 0 Å². The molecule has 0 aliphatic carbocycles. The molecule has 7 heteroatoms. The lowest BCUT2D eigenvalue weighted by Gasteiger charge is -2.32. The second-order valence-electron chi connectivity index (χ2n) is 9.08. The van der Waals surface area contributed by atoms with Crippen molar-refractivity contribution in [3.63, 3.8) is 0 Å². The topological polar surface area (TPSA) is 102 Å². The summed E-state index contributed by atoms with van der Waals surface area (Å²) in [5.41, 5.74) is -0.314. The van der Waals surface area contributed by atoms with Crippen molar-refractivity contribution in [3.05, 3.63) is 23.0 Å². The minimum Gasteiger partial charge on any atom is -0.460 e. The Bertz CT molecular complexity index is 749. The lowest BCUT2D eigenvalue weighted by molar-refractivity contribution is -0.238. The molecule has 3 rings (SSSR count). The predicted octanol–water partition coefficient (Wildman–Crippen LogP) is 3.14. The summed E-state index contributed by atoms with van der Waals surface area (Å²) in [4.78, 5) is 25.1. The quantitative estimate of drug-likeness (QED) is 0.608. The van der Waals surface area contributed by atoms with Gasteiger partial charge in [-0.2, -0.15) is 0 Å². The first-order valence-electron chi connectivity index (χ1n) is 11.1. The lowest BCUT2D eigenvalue weighted by Crippen LogP contribution is -2.39. The van der Waals surface area contributed by atoms with Crippen molar-refractivity contribution in [2.24, 2.45) is 11.8 Å². The van der Waals surface area contributed by atoms with Crippen molar-refractivity contribution in [3.8, 4) is 0 Å². The van der Waals surface area contributed by atoms with Gasteiger partial charge in [0, 0.05) is 17.9 Å². The predicted molar refractivity (Wildman–Crippen MR) is 109 cm³/mol. The summed E-state index contributed by atoms with van der Waals surface area (Å²) < 4.78 is 16.9. The standard InChI is InChI=1S/C23H34O7/c1-5-7-15(8-6-2)20(25)28-13-16-19-17(24)11-14(3)23(27)10-9-22(4,30-23)12-18(19)29-21(16)26/h12,14-15,17,24,27H,5-11,13H2,1-4H3/b18-12+/t14-,17+,22-,23+/m1/s1. The Balaban J connectivity index is 1.88. The second-order valence-corrected chi connectivity index (χ2v) is 9.08. The summed E-state index contributed by atoms with van der Waals surface area (Å²) in [5.74, 6) is -2.59. The van der Waals surface area contributed by atoms with Crippen molar-refractivity contribution in [1.82, 2.24) is 0 Å². The van der Waals surface area contributed by atoms with E-state index in [2.05, 4.69) is 0 Å². The van der Waals surface area contributed by atoms with Gasteiger partial charge in [-0.05, 0) is 38.7 Å². The van der Waals surface area contributed by atoms with Crippen LogP contribution in [0.2, 0.25) is 0 Å². The second kappa shape index (κ2) is 8.81. The van der Waals surface area contributed by atoms with Crippen LogP contribution in [0.4, 0.5) is 0 Å². The van der Waals surface area contributed by atoms with E-state index in [9.17, 15) is 19.8 Å². The molecule has 168 valence electrons. The Morgan fingerprint density at radius 2 is 1.97 bits per heavy atom. The Morgan fingerprint density at radius 3 is 2.60 bits per heavy atom. The van der Waals surface area contributed by atoms with Gasteiger partial charge in [0.2, 0.25) is 0 Å². The largest absolute Gasteiger partial charge is 0.460 e. The number of hydrogen-bond acceptors (Lipinski definition) is 7. The fourth-order valence-electron chi connectivity index (χ4n) is 4.72. The fourth-order valence-corrected chi connectivity index (χ4v) is 4.72. The summed E-state index contributed by atoms with van der Waals surface area (Å²) in [6.45, 7) is 7.45. The molecule has 30 heavy (non-hydrogen) atoms. The van der Waals surface area contributed by atoms with Gasteiger partial charge in [-0.25, -0.2) is 4.79 Å². The van der Waals surface area contributed by atoms with E-state index in [0.717, 1.165) is 25.7 Å². The highest BCUT2D eigenvalue weighted by Crippen LogP contribution is 2.47. The van der Waals surface area contributed by atoms with Crippen LogP contribution in [-0.4, -0.2) is 46.3 Å². The first kappa shape index (κ1) is 23.0. The SMILES string of the molecule is CCCC(CCC)C(=O)OCC1=C2/C(=C\[C@@]3(C)CC[C@](O)(O3)[C@H](C)C[C@@H]2O)OC1=O. The Hall–Kier alpha value is -1.70. The van der Waals surface area contributed by atoms with Gasteiger partial charge in [0.1, 0.15) is 12.4 Å². The molecule has 0 aromatic rings. The molecule has 2 bridgehead atoms. The van der Waals surface area contributed by atoms with Crippen LogP contribution in [0.25, 0.3) is 0 Å². The molecule has 0 spiro atoms. The molecule has 1 fully saturated rings. The van der Waals surface area contributed by atoms with Gasteiger partial charge < -0.3 is 24.4 Å². The maximum absolute atomic E-state index is 12.6. The van der Waals surface area contributed by atoms with Crippen LogP contribution in [0.1, 0.15) is 72.6 Å². The van der Waals surface area contributed by atoms with E-state index in [-0.39, 0.29) is 42.2 Å². The van der Waals surface area contributed by atoms with Crippen molar-refractivity contribution in [2.75, 3.05) is 6.61 Å². The van der Waals surface area contributed by atoms with Gasteiger partial charge in [0.25, 0.3) is 0 Å². The molecule has 0 amide bonds. The zero-order chi connectivity index (χ0) is 22.1. The van der Waals surface area contributed by atoms with Crippen molar-refractivity contribution < 1.29 is 34.0 Å². The van der Waals surface area contributed by atoms with Gasteiger partial charge in [0.05, 0.1) is 23.2 Å². The van der Waals surface area contributed by atoms with Crippen LogP contribution in [0.3, 0.4) is 0 Å². The number of hydrogen-bond donors (Lipinski definition) is 2. The third-order valence-electron chi connectivity index (χ3n) is 6.51. The van der Waals surface area contributed by atoms with Crippen molar-refractivity contribution in [1.29, 1.82) is 0 Å². The maximum Gasteiger partial charge on any atom is 0.343 e. The minimum atomic E-state index is -1.34. The van der Waals surface area contributed by atoms with Gasteiger partial charge in [-0.3, -0.25) is 4.79 Å². The molecule has 0 saturated carbocycles. The van der Waals surface area contributed by atoms with Crippen molar-refractivity contribution in [2.45, 2.75) is 90.1 Å². The molecule has 1 saturated heterocycles. The summed E-state index contributed by atoms with van der Waals surface area (Å²) in [5, 5.41) is 21.8. The highest BCUT2D eigenvalue weighted by Gasteiger charge is 2.51. The zero-order valence-corrected chi connectivity index (χ0v) is 18.4. The molecule has 0 radical (unpaired) electrons. The van der Waals surface area contributed by atoms with E-state index >= 15 is 0 Å². The van der Waals surface area contributed by atoms with E-state index in [1.54, 1.807) is 6.08 Å². The van der Waals surface area contributed by atoms with Crippen LogP contribution in [0.15, 0.2) is 23.0 Å².